The first kappa shape index (κ1) is 12.5. The van der Waals surface area contributed by atoms with Crippen LogP contribution < -0.4 is 10.2 Å². The van der Waals surface area contributed by atoms with Crippen LogP contribution in [-0.2, 0) is 11.8 Å². The Morgan fingerprint density at radius 1 is 1.30 bits per heavy atom. The van der Waals surface area contributed by atoms with Crippen molar-refractivity contribution in [3.05, 3.63) is 23.8 Å². The predicted molar refractivity (Wildman–Crippen MR) is 66.1 cm³/mol. The average molecular weight is 280 g/mol. The highest BCUT2D eigenvalue weighted by Gasteiger charge is 2.28. The molecule has 0 unspecified atom stereocenters. The van der Waals surface area contributed by atoms with Crippen LogP contribution in [0.4, 0.5) is 19.4 Å². The van der Waals surface area contributed by atoms with Gasteiger partial charge >= 0.3 is 6.03 Å². The molecule has 0 spiro atoms. The Balaban J connectivity index is 2.16. The number of fused-ring (bicyclic) bond motifs is 1. The predicted octanol–water partition coefficient (Wildman–Crippen LogP) is 1.30. The highest BCUT2D eigenvalue weighted by atomic mass is 19.2. The van der Waals surface area contributed by atoms with Crippen LogP contribution in [0.25, 0.3) is 10.9 Å². The molecule has 0 atom stereocenters. The summed E-state index contributed by atoms with van der Waals surface area (Å²) in [6, 6.07) is 1.72. The summed E-state index contributed by atoms with van der Waals surface area (Å²) >= 11 is 0. The number of hydrogen-bond donors (Lipinski definition) is 1. The van der Waals surface area contributed by atoms with E-state index < -0.39 is 17.7 Å². The molecule has 1 aliphatic rings. The lowest BCUT2D eigenvalue weighted by atomic mass is 10.2. The van der Waals surface area contributed by atoms with Gasteiger partial charge in [0.05, 0.1) is 0 Å². The number of nitrogens with one attached hydrogen (secondary N) is 1. The van der Waals surface area contributed by atoms with Crippen molar-refractivity contribution in [2.45, 2.75) is 6.42 Å². The lowest BCUT2D eigenvalue weighted by Gasteiger charge is -2.24. The number of aryl methyl sites for hydroxylation is 1. The second-order valence-corrected chi connectivity index (χ2v) is 4.46. The topological polar surface area (TPSA) is 67.2 Å². The van der Waals surface area contributed by atoms with E-state index in [2.05, 4.69) is 10.4 Å². The van der Waals surface area contributed by atoms with Crippen molar-refractivity contribution >= 4 is 28.7 Å². The Morgan fingerprint density at radius 2 is 2.05 bits per heavy atom. The molecule has 2 heterocycles. The molecule has 0 saturated carbocycles. The highest BCUT2D eigenvalue weighted by Crippen LogP contribution is 2.29. The minimum absolute atomic E-state index is 0.0234. The zero-order valence-electron chi connectivity index (χ0n) is 10.5. The third-order valence-corrected chi connectivity index (χ3v) is 3.19. The molecule has 1 saturated heterocycles. The Hall–Kier alpha value is -2.51. The molecule has 104 valence electrons. The quantitative estimate of drug-likeness (QED) is 0.856. The van der Waals surface area contributed by atoms with Crippen LogP contribution in [-0.4, -0.2) is 28.3 Å². The van der Waals surface area contributed by atoms with Crippen molar-refractivity contribution in [1.29, 1.82) is 0 Å². The molecule has 0 aliphatic carbocycles. The van der Waals surface area contributed by atoms with Crippen LogP contribution in [0.2, 0.25) is 0 Å². The molecule has 0 radical (unpaired) electrons. The molecule has 3 rings (SSSR count). The van der Waals surface area contributed by atoms with Gasteiger partial charge in [-0.25, -0.2) is 13.6 Å². The molecule has 1 aromatic heterocycles. The summed E-state index contributed by atoms with van der Waals surface area (Å²) in [5.41, 5.74) is -0.0234. The van der Waals surface area contributed by atoms with Crippen molar-refractivity contribution in [3.63, 3.8) is 0 Å². The van der Waals surface area contributed by atoms with E-state index in [1.165, 1.54) is 22.7 Å². The number of urea groups is 1. The molecular weight excluding hydrogens is 270 g/mol. The van der Waals surface area contributed by atoms with Gasteiger partial charge in [-0.05, 0) is 12.1 Å². The fraction of sp³-hybridized carbons (Fsp3) is 0.250. The van der Waals surface area contributed by atoms with E-state index in [4.69, 9.17) is 0 Å². The first-order valence-electron chi connectivity index (χ1n) is 5.91. The first-order chi connectivity index (χ1) is 9.49. The van der Waals surface area contributed by atoms with Gasteiger partial charge < -0.3 is 0 Å². The lowest BCUT2D eigenvalue weighted by molar-refractivity contribution is -0.120. The SMILES string of the molecule is Cn1nc(N2CCC(=O)NC2=O)c2ccc(F)c(F)c21. The number of carbonyl (C=O) groups excluding carboxylic acids is 2. The Bertz CT molecular complexity index is 741. The molecule has 8 heteroatoms. The highest BCUT2D eigenvalue weighted by molar-refractivity contribution is 6.08. The van der Waals surface area contributed by atoms with Crippen LogP contribution >= 0.6 is 0 Å². The Labute approximate surface area is 112 Å². The van der Waals surface area contributed by atoms with E-state index in [1.807, 2.05) is 0 Å². The largest absolute Gasteiger partial charge is 0.329 e. The minimum atomic E-state index is -1.02. The molecule has 6 nitrogen and oxygen atoms in total. The Kier molecular flexibility index (Phi) is 2.66. The monoisotopic (exact) mass is 280 g/mol. The molecule has 0 bridgehead atoms. The minimum Gasteiger partial charge on any atom is -0.278 e. The smallest absolute Gasteiger partial charge is 0.278 e. The first-order valence-corrected chi connectivity index (χ1v) is 5.91. The van der Waals surface area contributed by atoms with Crippen molar-refractivity contribution < 1.29 is 18.4 Å². The number of amides is 3. The normalized spacial score (nSPS) is 15.8. The molecule has 3 amide bonds. The molecule has 1 fully saturated rings. The molecule has 2 aromatic rings. The van der Waals surface area contributed by atoms with Gasteiger partial charge in [-0.1, -0.05) is 0 Å². The van der Waals surface area contributed by atoms with Gasteiger partial charge in [-0.3, -0.25) is 19.7 Å². The third-order valence-electron chi connectivity index (χ3n) is 3.19. The van der Waals surface area contributed by atoms with E-state index in [-0.39, 0.29) is 30.2 Å². The number of imide groups is 1. The number of nitrogens with zero attached hydrogens (tertiary/aromatic N) is 3. The maximum atomic E-state index is 13.8. The summed E-state index contributed by atoms with van der Waals surface area (Å²) in [6.45, 7) is 0.149. The van der Waals surface area contributed by atoms with Gasteiger partial charge in [0.25, 0.3) is 0 Å². The number of anilines is 1. The van der Waals surface area contributed by atoms with Crippen molar-refractivity contribution in [2.75, 3.05) is 11.4 Å². The van der Waals surface area contributed by atoms with E-state index in [0.29, 0.717) is 5.39 Å². The molecule has 1 aliphatic heterocycles. The second kappa shape index (κ2) is 4.26. The fourth-order valence-corrected chi connectivity index (χ4v) is 2.25. The summed E-state index contributed by atoms with van der Waals surface area (Å²) in [5.74, 6) is -2.17. The van der Waals surface area contributed by atoms with E-state index in [1.54, 1.807) is 0 Å². The average Bonchev–Trinajstić information content (AvgIpc) is 2.72. The van der Waals surface area contributed by atoms with Crippen molar-refractivity contribution in [1.82, 2.24) is 15.1 Å². The number of hydrogen-bond acceptors (Lipinski definition) is 3. The lowest BCUT2D eigenvalue weighted by Crippen LogP contribution is -2.49. The standard InChI is InChI=1S/C12H10F2N4O2/c1-17-10-6(2-3-7(13)9(10)14)11(16-17)18-5-4-8(19)15-12(18)20/h2-3H,4-5H2,1H3,(H,15,19,20). The second-order valence-electron chi connectivity index (χ2n) is 4.46. The number of aromatic nitrogens is 2. The summed E-state index contributed by atoms with van der Waals surface area (Å²) in [4.78, 5) is 24.1. The van der Waals surface area contributed by atoms with E-state index >= 15 is 0 Å². The zero-order chi connectivity index (χ0) is 14.4. The summed E-state index contributed by atoms with van der Waals surface area (Å²) < 4.78 is 28.2. The number of benzene rings is 1. The maximum Gasteiger partial charge on any atom is 0.329 e. The van der Waals surface area contributed by atoms with Gasteiger partial charge in [0, 0.05) is 25.4 Å². The van der Waals surface area contributed by atoms with Gasteiger partial charge in [0.15, 0.2) is 17.5 Å². The van der Waals surface area contributed by atoms with E-state index in [9.17, 15) is 18.4 Å². The van der Waals surface area contributed by atoms with Crippen LogP contribution in [0.3, 0.4) is 0 Å². The summed E-state index contributed by atoms with van der Waals surface area (Å²) in [5, 5.41) is 6.53. The molecule has 1 N–H and O–H groups in total. The summed E-state index contributed by atoms with van der Waals surface area (Å²) in [7, 11) is 1.46. The zero-order valence-corrected chi connectivity index (χ0v) is 10.5. The number of rotatable bonds is 1. The molecule has 1 aromatic carbocycles. The van der Waals surface area contributed by atoms with Crippen LogP contribution in [0.5, 0.6) is 0 Å². The maximum absolute atomic E-state index is 13.8. The van der Waals surface area contributed by atoms with E-state index in [0.717, 1.165) is 6.07 Å². The van der Waals surface area contributed by atoms with Gasteiger partial charge in [0.2, 0.25) is 5.91 Å². The number of halogens is 2. The third kappa shape index (κ3) is 1.72. The van der Waals surface area contributed by atoms with Gasteiger partial charge in [-0.15, -0.1) is 0 Å². The fourth-order valence-electron chi connectivity index (χ4n) is 2.25. The van der Waals surface area contributed by atoms with Gasteiger partial charge in [0.1, 0.15) is 5.52 Å². The summed E-state index contributed by atoms with van der Waals surface area (Å²) in [6.07, 6.45) is 0.132. The molecule has 20 heavy (non-hydrogen) atoms. The van der Waals surface area contributed by atoms with Gasteiger partial charge in [-0.2, -0.15) is 5.10 Å². The molecular formula is C12H10F2N4O2. The number of carbonyl (C=O) groups is 2. The van der Waals surface area contributed by atoms with Crippen molar-refractivity contribution in [2.24, 2.45) is 7.05 Å². The van der Waals surface area contributed by atoms with Crippen LogP contribution in [0.1, 0.15) is 6.42 Å². The Morgan fingerprint density at radius 3 is 2.75 bits per heavy atom. The van der Waals surface area contributed by atoms with Crippen LogP contribution in [0.15, 0.2) is 12.1 Å². The van der Waals surface area contributed by atoms with Crippen LogP contribution in [0, 0.1) is 11.6 Å². The van der Waals surface area contributed by atoms with Crippen molar-refractivity contribution in [3.8, 4) is 0 Å².